The fourth-order valence-corrected chi connectivity index (χ4v) is 1.81. The molecule has 0 saturated carbocycles. The zero-order valence-corrected chi connectivity index (χ0v) is 11.7. The van der Waals surface area contributed by atoms with Crippen molar-refractivity contribution in [2.45, 2.75) is 0 Å². The molecule has 1 amide bonds. The maximum atomic E-state index is 12.2. The number of azide groups is 1. The lowest BCUT2D eigenvalue weighted by Gasteiger charge is -2.07. The van der Waals surface area contributed by atoms with E-state index >= 15 is 0 Å². The minimum Gasteiger partial charge on any atom is -0.465 e. The standard InChI is InChI=1S/C15H12N4O3/c1-22-15(21)10-6-8-11(9-7-10)17-14(20)12-4-2-3-5-13(12)18-19-16/h2-9H,1H3,(H,17,20). The van der Waals surface area contributed by atoms with E-state index in [4.69, 9.17) is 5.53 Å². The number of esters is 1. The topological polar surface area (TPSA) is 104 Å². The van der Waals surface area contributed by atoms with Crippen LogP contribution in [-0.4, -0.2) is 19.0 Å². The number of methoxy groups -OCH3 is 1. The molecule has 0 heterocycles. The van der Waals surface area contributed by atoms with E-state index < -0.39 is 11.9 Å². The molecule has 1 N–H and O–H groups in total. The second-order valence-corrected chi connectivity index (χ2v) is 4.23. The Hall–Kier alpha value is -3.31. The minimum absolute atomic E-state index is 0.244. The van der Waals surface area contributed by atoms with E-state index in [1.54, 1.807) is 48.5 Å². The molecule has 0 atom stereocenters. The molecule has 7 heteroatoms. The Kier molecular flexibility index (Phi) is 4.74. The molecule has 2 aromatic rings. The number of benzene rings is 2. The zero-order chi connectivity index (χ0) is 15.9. The van der Waals surface area contributed by atoms with Crippen LogP contribution < -0.4 is 5.32 Å². The average molecular weight is 296 g/mol. The van der Waals surface area contributed by atoms with Crippen LogP contribution in [-0.2, 0) is 4.74 Å². The van der Waals surface area contributed by atoms with E-state index in [0.717, 1.165) is 0 Å². The van der Waals surface area contributed by atoms with E-state index in [1.165, 1.54) is 7.11 Å². The van der Waals surface area contributed by atoms with Crippen molar-refractivity contribution in [3.63, 3.8) is 0 Å². The Morgan fingerprint density at radius 2 is 1.82 bits per heavy atom. The van der Waals surface area contributed by atoms with Gasteiger partial charge >= 0.3 is 5.97 Å². The van der Waals surface area contributed by atoms with Crippen molar-refractivity contribution in [1.82, 2.24) is 0 Å². The van der Waals surface area contributed by atoms with Crippen LogP contribution in [0.25, 0.3) is 10.4 Å². The molecule has 2 aromatic carbocycles. The molecule has 0 fully saturated rings. The molecule has 0 aliphatic carbocycles. The summed E-state index contributed by atoms with van der Waals surface area (Å²) in [6, 6.07) is 12.7. The smallest absolute Gasteiger partial charge is 0.337 e. The third kappa shape index (κ3) is 3.41. The normalized spacial score (nSPS) is 9.50. The second kappa shape index (κ2) is 6.92. The van der Waals surface area contributed by atoms with Crippen molar-refractivity contribution in [2.24, 2.45) is 5.11 Å². The van der Waals surface area contributed by atoms with Crippen molar-refractivity contribution < 1.29 is 14.3 Å². The van der Waals surface area contributed by atoms with Gasteiger partial charge in [0.15, 0.2) is 0 Å². The Labute approximate surface area is 126 Å². The lowest BCUT2D eigenvalue weighted by Crippen LogP contribution is -2.12. The fourth-order valence-electron chi connectivity index (χ4n) is 1.81. The molecule has 0 aliphatic rings. The quantitative estimate of drug-likeness (QED) is 0.402. The van der Waals surface area contributed by atoms with Gasteiger partial charge in [-0.15, -0.1) is 0 Å². The van der Waals surface area contributed by atoms with Crippen molar-refractivity contribution >= 4 is 23.3 Å². The van der Waals surface area contributed by atoms with Gasteiger partial charge in [-0.1, -0.05) is 23.3 Å². The van der Waals surface area contributed by atoms with Gasteiger partial charge in [0.25, 0.3) is 5.91 Å². The molecule has 0 aliphatic heterocycles. The summed E-state index contributed by atoms with van der Waals surface area (Å²) < 4.78 is 4.60. The van der Waals surface area contributed by atoms with Gasteiger partial charge in [-0.3, -0.25) is 4.79 Å². The fraction of sp³-hybridized carbons (Fsp3) is 0.0667. The highest BCUT2D eigenvalue weighted by Crippen LogP contribution is 2.20. The molecule has 2 rings (SSSR count). The van der Waals surface area contributed by atoms with Crippen LogP contribution in [0.3, 0.4) is 0 Å². The van der Waals surface area contributed by atoms with Gasteiger partial charge in [0.1, 0.15) is 0 Å². The number of anilines is 1. The number of hydrogen-bond donors (Lipinski definition) is 1. The molecule has 0 saturated heterocycles. The van der Waals surface area contributed by atoms with Gasteiger partial charge in [0.2, 0.25) is 0 Å². The summed E-state index contributed by atoms with van der Waals surface area (Å²) in [5.74, 6) is -0.861. The van der Waals surface area contributed by atoms with Crippen LogP contribution in [0.1, 0.15) is 20.7 Å². The summed E-state index contributed by atoms with van der Waals surface area (Å²) in [6.45, 7) is 0. The maximum absolute atomic E-state index is 12.2. The van der Waals surface area contributed by atoms with E-state index in [9.17, 15) is 9.59 Å². The first-order valence-corrected chi connectivity index (χ1v) is 6.29. The first-order chi connectivity index (χ1) is 10.7. The third-order valence-corrected chi connectivity index (χ3v) is 2.86. The number of hydrogen-bond acceptors (Lipinski definition) is 4. The van der Waals surface area contributed by atoms with E-state index in [2.05, 4.69) is 20.1 Å². The second-order valence-electron chi connectivity index (χ2n) is 4.23. The Bertz CT molecular complexity index is 750. The van der Waals surface area contributed by atoms with Crippen LogP contribution in [0, 0.1) is 0 Å². The molecular weight excluding hydrogens is 284 g/mol. The van der Waals surface area contributed by atoms with Crippen LogP contribution in [0.5, 0.6) is 0 Å². The SMILES string of the molecule is COC(=O)c1ccc(NC(=O)c2ccccc2N=[N+]=[N-])cc1. The maximum Gasteiger partial charge on any atom is 0.337 e. The number of rotatable bonds is 4. The monoisotopic (exact) mass is 296 g/mol. The Balaban J connectivity index is 2.19. The molecule has 0 unspecified atom stereocenters. The molecule has 0 bridgehead atoms. The van der Waals surface area contributed by atoms with Crippen molar-refractivity contribution in [2.75, 3.05) is 12.4 Å². The van der Waals surface area contributed by atoms with Crippen LogP contribution in [0.4, 0.5) is 11.4 Å². The molecule has 22 heavy (non-hydrogen) atoms. The molecule has 110 valence electrons. The molecular formula is C15H12N4O3. The highest BCUT2D eigenvalue weighted by Gasteiger charge is 2.11. The van der Waals surface area contributed by atoms with Gasteiger partial charge in [-0.05, 0) is 35.9 Å². The lowest BCUT2D eigenvalue weighted by atomic mass is 10.1. The summed E-state index contributed by atoms with van der Waals surface area (Å²) in [7, 11) is 1.30. The van der Waals surface area contributed by atoms with Crippen LogP contribution in [0.15, 0.2) is 53.6 Å². The van der Waals surface area contributed by atoms with Crippen molar-refractivity contribution in [3.8, 4) is 0 Å². The first-order valence-electron chi connectivity index (χ1n) is 6.29. The zero-order valence-electron chi connectivity index (χ0n) is 11.7. The first kappa shape index (κ1) is 15.1. The third-order valence-electron chi connectivity index (χ3n) is 2.86. The molecule has 0 aromatic heterocycles. The summed E-state index contributed by atoms with van der Waals surface area (Å²) in [5.41, 5.74) is 9.90. The number of ether oxygens (including phenoxy) is 1. The number of carbonyl (C=O) groups excluding carboxylic acids is 2. The predicted molar refractivity (Wildman–Crippen MR) is 81.0 cm³/mol. The predicted octanol–water partition coefficient (Wildman–Crippen LogP) is 3.67. The van der Waals surface area contributed by atoms with Gasteiger partial charge in [0.05, 0.1) is 18.4 Å². The summed E-state index contributed by atoms with van der Waals surface area (Å²) in [5, 5.41) is 6.14. The summed E-state index contributed by atoms with van der Waals surface area (Å²) in [4.78, 5) is 26.2. The Morgan fingerprint density at radius 1 is 1.14 bits per heavy atom. The molecule has 0 spiro atoms. The molecule has 7 nitrogen and oxygen atoms in total. The minimum atomic E-state index is -0.452. The number of amides is 1. The summed E-state index contributed by atoms with van der Waals surface area (Å²) >= 11 is 0. The van der Waals surface area contributed by atoms with Gasteiger partial charge in [-0.25, -0.2) is 4.79 Å². The highest BCUT2D eigenvalue weighted by molar-refractivity contribution is 6.07. The number of nitrogens with zero attached hydrogens (tertiary/aromatic N) is 3. The van der Waals surface area contributed by atoms with E-state index in [0.29, 0.717) is 11.3 Å². The van der Waals surface area contributed by atoms with Gasteiger partial charge < -0.3 is 10.1 Å². The van der Waals surface area contributed by atoms with Crippen LogP contribution in [0.2, 0.25) is 0 Å². The Morgan fingerprint density at radius 3 is 2.45 bits per heavy atom. The summed E-state index contributed by atoms with van der Waals surface area (Å²) in [6.07, 6.45) is 0. The van der Waals surface area contributed by atoms with Crippen molar-refractivity contribution in [3.05, 3.63) is 70.1 Å². The number of nitrogens with one attached hydrogen (secondary N) is 1. The van der Waals surface area contributed by atoms with Crippen LogP contribution >= 0.6 is 0 Å². The van der Waals surface area contributed by atoms with Crippen molar-refractivity contribution in [1.29, 1.82) is 0 Å². The number of carbonyl (C=O) groups is 2. The van der Waals surface area contributed by atoms with Gasteiger partial charge in [-0.2, -0.15) is 0 Å². The largest absolute Gasteiger partial charge is 0.465 e. The molecule has 0 radical (unpaired) electrons. The van der Waals surface area contributed by atoms with Gasteiger partial charge in [0, 0.05) is 16.2 Å². The lowest BCUT2D eigenvalue weighted by molar-refractivity contribution is 0.0600. The highest BCUT2D eigenvalue weighted by atomic mass is 16.5. The van der Waals surface area contributed by atoms with E-state index in [1.807, 2.05) is 0 Å². The average Bonchev–Trinajstić information content (AvgIpc) is 2.55. The van der Waals surface area contributed by atoms with E-state index in [-0.39, 0.29) is 11.3 Å².